The normalized spacial score (nSPS) is 12.7. The van der Waals surface area contributed by atoms with Gasteiger partial charge >= 0.3 is 0 Å². The van der Waals surface area contributed by atoms with Gasteiger partial charge in [-0.2, -0.15) is 0 Å². The minimum absolute atomic E-state index is 0.0324. The predicted molar refractivity (Wildman–Crippen MR) is 85.5 cm³/mol. The first kappa shape index (κ1) is 14.3. The lowest BCUT2D eigenvalue weighted by Gasteiger charge is -2.13. The van der Waals surface area contributed by atoms with Crippen LogP contribution in [0.5, 0.6) is 0 Å². The van der Waals surface area contributed by atoms with Crippen LogP contribution in [-0.2, 0) is 7.05 Å². The lowest BCUT2D eigenvalue weighted by molar-refractivity contribution is 0.627. The Hall–Kier alpha value is -1.66. The van der Waals surface area contributed by atoms with Gasteiger partial charge in [0, 0.05) is 12.3 Å². The maximum absolute atomic E-state index is 13.0. The molecule has 21 heavy (non-hydrogen) atoms. The van der Waals surface area contributed by atoms with Crippen molar-refractivity contribution < 1.29 is 4.39 Å². The van der Waals surface area contributed by atoms with Gasteiger partial charge in [-0.1, -0.05) is 23.9 Å². The number of halogens is 1. The van der Waals surface area contributed by atoms with Crippen molar-refractivity contribution in [1.29, 1.82) is 0 Å². The van der Waals surface area contributed by atoms with Crippen LogP contribution in [0.4, 0.5) is 4.39 Å². The summed E-state index contributed by atoms with van der Waals surface area (Å²) in [5, 5.41) is 3.28. The molecule has 3 rings (SSSR count). The quantitative estimate of drug-likeness (QED) is 0.541. The van der Waals surface area contributed by atoms with Crippen LogP contribution in [0.25, 0.3) is 10.2 Å². The largest absolute Gasteiger partial charge is 0.290 e. The Balaban J connectivity index is 1.95. The second-order valence-electron chi connectivity index (χ2n) is 4.71. The predicted octanol–water partition coefficient (Wildman–Crippen LogP) is 3.99. The van der Waals surface area contributed by atoms with Gasteiger partial charge in [0.05, 0.1) is 5.39 Å². The monoisotopic (exact) mass is 320 g/mol. The number of fused-ring (bicyclic) bond motifs is 1. The summed E-state index contributed by atoms with van der Waals surface area (Å²) in [4.78, 5) is 17.5. The van der Waals surface area contributed by atoms with E-state index in [1.807, 2.05) is 12.3 Å². The summed E-state index contributed by atoms with van der Waals surface area (Å²) < 4.78 is 14.5. The van der Waals surface area contributed by atoms with Crippen LogP contribution < -0.4 is 5.56 Å². The SMILES string of the molecule is CC(Sc1nc2sccc2c(=O)n1C)c1ccc(F)cc1. The summed E-state index contributed by atoms with van der Waals surface area (Å²) in [6, 6.07) is 8.21. The molecule has 6 heteroatoms. The summed E-state index contributed by atoms with van der Waals surface area (Å²) in [7, 11) is 1.73. The summed E-state index contributed by atoms with van der Waals surface area (Å²) >= 11 is 2.96. The van der Waals surface area contributed by atoms with Gasteiger partial charge in [-0.25, -0.2) is 9.37 Å². The van der Waals surface area contributed by atoms with E-state index in [2.05, 4.69) is 4.98 Å². The average molecular weight is 320 g/mol. The van der Waals surface area contributed by atoms with Crippen molar-refractivity contribution in [3.05, 3.63) is 57.4 Å². The number of aromatic nitrogens is 2. The molecule has 0 aliphatic rings. The van der Waals surface area contributed by atoms with Crippen LogP contribution in [0.1, 0.15) is 17.7 Å². The first-order chi connectivity index (χ1) is 10.1. The van der Waals surface area contributed by atoms with Gasteiger partial charge < -0.3 is 0 Å². The number of hydrogen-bond acceptors (Lipinski definition) is 4. The molecule has 0 N–H and O–H groups in total. The number of nitrogens with zero attached hydrogens (tertiary/aromatic N) is 2. The lowest BCUT2D eigenvalue weighted by Crippen LogP contribution is -2.19. The van der Waals surface area contributed by atoms with E-state index in [0.29, 0.717) is 10.5 Å². The van der Waals surface area contributed by atoms with E-state index in [0.717, 1.165) is 10.4 Å². The van der Waals surface area contributed by atoms with Gasteiger partial charge in [-0.15, -0.1) is 11.3 Å². The van der Waals surface area contributed by atoms with Crippen LogP contribution in [0.2, 0.25) is 0 Å². The second kappa shape index (κ2) is 5.61. The Morgan fingerprint density at radius 3 is 2.71 bits per heavy atom. The Morgan fingerprint density at radius 1 is 1.29 bits per heavy atom. The molecule has 2 aromatic heterocycles. The molecule has 0 amide bonds. The van der Waals surface area contributed by atoms with Crippen LogP contribution in [-0.4, -0.2) is 9.55 Å². The Labute approximate surface area is 129 Å². The highest BCUT2D eigenvalue weighted by Crippen LogP contribution is 2.33. The molecular formula is C15H13FN2OS2. The number of thiophene rings is 1. The molecule has 1 atom stereocenters. The van der Waals surface area contributed by atoms with Crippen LogP contribution in [0, 0.1) is 5.82 Å². The molecule has 0 saturated heterocycles. The van der Waals surface area contributed by atoms with Crippen molar-refractivity contribution in [1.82, 2.24) is 9.55 Å². The van der Waals surface area contributed by atoms with Crippen molar-refractivity contribution in [3.8, 4) is 0 Å². The van der Waals surface area contributed by atoms with Gasteiger partial charge in [0.1, 0.15) is 10.6 Å². The number of thioether (sulfide) groups is 1. The topological polar surface area (TPSA) is 34.9 Å². The molecular weight excluding hydrogens is 307 g/mol. The second-order valence-corrected chi connectivity index (χ2v) is 6.91. The fourth-order valence-electron chi connectivity index (χ4n) is 2.05. The summed E-state index contributed by atoms with van der Waals surface area (Å²) in [6.45, 7) is 2.02. The van der Waals surface area contributed by atoms with Gasteiger partial charge in [0.2, 0.25) is 0 Å². The third-order valence-corrected chi connectivity index (χ3v) is 5.29. The van der Waals surface area contributed by atoms with Crippen LogP contribution in [0.15, 0.2) is 45.7 Å². The molecule has 0 radical (unpaired) electrons. The molecule has 0 aliphatic carbocycles. The van der Waals surface area contributed by atoms with E-state index < -0.39 is 0 Å². The number of hydrogen-bond donors (Lipinski definition) is 0. The van der Waals surface area contributed by atoms with Gasteiger partial charge in [-0.05, 0) is 36.1 Å². The minimum atomic E-state index is -0.249. The van der Waals surface area contributed by atoms with E-state index in [1.54, 1.807) is 29.8 Å². The Bertz CT molecular complexity index is 839. The first-order valence-corrected chi connectivity index (χ1v) is 8.18. The fraction of sp³-hybridized carbons (Fsp3) is 0.200. The van der Waals surface area contributed by atoms with Crippen molar-refractivity contribution in [2.75, 3.05) is 0 Å². The zero-order valence-corrected chi connectivity index (χ0v) is 13.2. The third kappa shape index (κ3) is 2.73. The van der Waals surface area contributed by atoms with Crippen molar-refractivity contribution in [3.63, 3.8) is 0 Å². The average Bonchev–Trinajstić information content (AvgIpc) is 2.93. The Kier molecular flexibility index (Phi) is 3.82. The van der Waals surface area contributed by atoms with E-state index in [1.165, 1.54) is 35.2 Å². The van der Waals surface area contributed by atoms with E-state index in [4.69, 9.17) is 0 Å². The van der Waals surface area contributed by atoms with E-state index in [9.17, 15) is 9.18 Å². The standard InChI is InChI=1S/C15H13FN2OS2/c1-9(10-3-5-11(16)6-4-10)21-15-17-13-12(7-8-20-13)14(19)18(15)2/h3-9H,1-2H3. The highest BCUT2D eigenvalue weighted by Gasteiger charge is 2.14. The smallest absolute Gasteiger partial charge is 0.262 e. The zero-order chi connectivity index (χ0) is 15.0. The van der Waals surface area contributed by atoms with Crippen molar-refractivity contribution in [2.24, 2.45) is 7.05 Å². The molecule has 3 aromatic rings. The van der Waals surface area contributed by atoms with Crippen LogP contribution in [0.3, 0.4) is 0 Å². The molecule has 2 heterocycles. The van der Waals surface area contributed by atoms with Crippen molar-refractivity contribution in [2.45, 2.75) is 17.3 Å². The molecule has 0 aliphatic heterocycles. The maximum atomic E-state index is 13.0. The summed E-state index contributed by atoms with van der Waals surface area (Å²) in [5.41, 5.74) is 0.969. The highest BCUT2D eigenvalue weighted by molar-refractivity contribution is 7.99. The number of benzene rings is 1. The minimum Gasteiger partial charge on any atom is -0.290 e. The molecule has 1 unspecified atom stereocenters. The zero-order valence-electron chi connectivity index (χ0n) is 11.5. The number of rotatable bonds is 3. The van der Waals surface area contributed by atoms with Gasteiger partial charge in [0.15, 0.2) is 5.16 Å². The van der Waals surface area contributed by atoms with Gasteiger partial charge in [0.25, 0.3) is 5.56 Å². The Morgan fingerprint density at radius 2 is 2.00 bits per heavy atom. The van der Waals surface area contributed by atoms with Crippen molar-refractivity contribution >= 4 is 33.3 Å². The van der Waals surface area contributed by atoms with Gasteiger partial charge in [-0.3, -0.25) is 9.36 Å². The lowest BCUT2D eigenvalue weighted by atomic mass is 10.2. The molecule has 0 spiro atoms. The van der Waals surface area contributed by atoms with Crippen LogP contribution >= 0.6 is 23.1 Å². The molecule has 0 saturated carbocycles. The highest BCUT2D eigenvalue weighted by atomic mass is 32.2. The third-order valence-electron chi connectivity index (χ3n) is 3.29. The molecule has 0 fully saturated rings. The maximum Gasteiger partial charge on any atom is 0.262 e. The molecule has 1 aromatic carbocycles. The first-order valence-electron chi connectivity index (χ1n) is 6.42. The summed E-state index contributed by atoms with van der Waals surface area (Å²) in [5.74, 6) is -0.249. The molecule has 3 nitrogen and oxygen atoms in total. The molecule has 108 valence electrons. The fourth-order valence-corrected chi connectivity index (χ4v) is 3.85. The summed E-state index contributed by atoms with van der Waals surface area (Å²) in [6.07, 6.45) is 0. The van der Waals surface area contributed by atoms with E-state index in [-0.39, 0.29) is 16.6 Å². The molecule has 0 bridgehead atoms. The van der Waals surface area contributed by atoms with E-state index >= 15 is 0 Å².